The molecule has 0 fully saturated rings. The Balaban J connectivity index is 1.59. The summed E-state index contributed by atoms with van der Waals surface area (Å²) in [6, 6.07) is 16.4. The third-order valence-corrected chi connectivity index (χ3v) is 8.91. The van der Waals surface area contributed by atoms with Crippen molar-refractivity contribution in [3.05, 3.63) is 92.8 Å². The van der Waals surface area contributed by atoms with Crippen molar-refractivity contribution in [3.63, 3.8) is 0 Å². The second-order valence-corrected chi connectivity index (χ2v) is 11.1. The number of aryl methyl sites for hydroxylation is 2. The fraction of sp³-hybridized carbons (Fsp3) is 0.226. The molecule has 1 unspecified atom stereocenters. The Morgan fingerprint density at radius 3 is 2.55 bits per heavy atom. The second kappa shape index (κ2) is 8.50. The number of hydrogen-bond acceptors (Lipinski definition) is 7. The van der Waals surface area contributed by atoms with E-state index in [0.717, 1.165) is 15.8 Å². The molecule has 2 aliphatic heterocycles. The van der Waals surface area contributed by atoms with Gasteiger partial charge in [-0.25, -0.2) is 4.98 Å². The van der Waals surface area contributed by atoms with E-state index in [0.29, 0.717) is 51.8 Å². The average Bonchev–Trinajstić information content (AvgIpc) is 3.55. The van der Waals surface area contributed by atoms with Crippen LogP contribution in [0.25, 0.3) is 21.2 Å². The molecule has 7 rings (SSSR count). The molecule has 0 N–H and O–H groups in total. The molecular weight excluding hydrogens is 526 g/mol. The Bertz CT molecular complexity index is 1980. The van der Waals surface area contributed by atoms with Crippen LogP contribution in [-0.4, -0.2) is 29.9 Å². The van der Waals surface area contributed by atoms with Crippen LogP contribution in [0.4, 0.5) is 10.8 Å². The summed E-state index contributed by atoms with van der Waals surface area (Å²) in [5, 5.41) is 0.638. The first-order chi connectivity index (χ1) is 19.3. The predicted octanol–water partition coefficient (Wildman–Crippen LogP) is 5.69. The van der Waals surface area contributed by atoms with E-state index in [1.54, 1.807) is 17.0 Å². The molecule has 0 saturated heterocycles. The van der Waals surface area contributed by atoms with Gasteiger partial charge in [-0.2, -0.15) is 0 Å². The van der Waals surface area contributed by atoms with Crippen LogP contribution < -0.4 is 20.0 Å². The van der Waals surface area contributed by atoms with Crippen LogP contribution in [0.1, 0.15) is 46.7 Å². The molecule has 1 spiro atoms. The minimum atomic E-state index is -1.75. The van der Waals surface area contributed by atoms with Gasteiger partial charge in [0.15, 0.2) is 16.1 Å². The summed E-state index contributed by atoms with van der Waals surface area (Å²) in [7, 11) is 0. The number of nitrogens with zero attached hydrogens (tertiary/aromatic N) is 3. The van der Waals surface area contributed by atoms with E-state index in [2.05, 4.69) is 0 Å². The van der Waals surface area contributed by atoms with Gasteiger partial charge in [0, 0.05) is 12.1 Å². The molecule has 40 heavy (non-hydrogen) atoms. The first-order valence-corrected chi connectivity index (χ1v) is 14.0. The number of thiazole rings is 1. The molecule has 2 amide bonds. The van der Waals surface area contributed by atoms with E-state index >= 15 is 0 Å². The fourth-order valence-electron chi connectivity index (χ4n) is 5.98. The number of anilines is 2. The number of fused-ring (bicyclic) bond motifs is 6. The molecule has 3 aromatic carbocycles. The van der Waals surface area contributed by atoms with Crippen LogP contribution >= 0.6 is 11.3 Å². The van der Waals surface area contributed by atoms with Gasteiger partial charge >= 0.3 is 0 Å². The zero-order valence-corrected chi connectivity index (χ0v) is 23.2. The third-order valence-electron chi connectivity index (χ3n) is 7.91. The van der Waals surface area contributed by atoms with E-state index in [1.807, 2.05) is 70.2 Å². The van der Waals surface area contributed by atoms with E-state index in [1.165, 1.54) is 16.2 Å². The number of likely N-dealkylation sites (N-methyl/N-ethyl adjacent to an activating group) is 1. The molecule has 0 bridgehead atoms. The molecule has 1 atom stereocenters. The quantitative estimate of drug-likeness (QED) is 0.285. The smallest absolute Gasteiger partial charge is 0.297 e. The minimum absolute atomic E-state index is 0.0379. The Morgan fingerprint density at radius 1 is 1.00 bits per heavy atom. The standard InChI is InChI=1S/C31H25N3O5S/c1-5-33-22-10-8-7-9-20(22)31(29(33)37)25-26(35)19-13-16(3)17(4)14-23(19)39-27(25)28(36)34(31)30-32-21-12-11-18(38-6-2)15-24(21)40-30/h7-15H,5-6H2,1-4H3. The number of carbonyl (C=O) groups excluding carboxylic acids is 2. The topological polar surface area (TPSA) is 93.0 Å². The second-order valence-electron chi connectivity index (χ2n) is 10.0. The van der Waals surface area contributed by atoms with Crippen molar-refractivity contribution in [2.45, 2.75) is 33.2 Å². The first-order valence-electron chi connectivity index (χ1n) is 13.2. The lowest BCUT2D eigenvalue weighted by Gasteiger charge is -2.32. The Hall–Kier alpha value is -4.50. The van der Waals surface area contributed by atoms with Crippen LogP contribution in [0.2, 0.25) is 0 Å². The lowest BCUT2D eigenvalue weighted by Crippen LogP contribution is -2.53. The maximum atomic E-state index is 14.6. The summed E-state index contributed by atoms with van der Waals surface area (Å²) >= 11 is 1.27. The summed E-state index contributed by atoms with van der Waals surface area (Å²) in [6.45, 7) is 8.50. The van der Waals surface area contributed by atoms with Crippen molar-refractivity contribution in [1.82, 2.24) is 4.98 Å². The highest BCUT2D eigenvalue weighted by atomic mass is 32.1. The molecule has 0 aliphatic carbocycles. The maximum absolute atomic E-state index is 14.6. The largest absolute Gasteiger partial charge is 0.494 e. The number of aromatic nitrogens is 1. The van der Waals surface area contributed by atoms with Gasteiger partial charge in [0.2, 0.25) is 5.76 Å². The fourth-order valence-corrected chi connectivity index (χ4v) is 7.02. The van der Waals surface area contributed by atoms with Crippen molar-refractivity contribution < 1.29 is 18.7 Å². The number of hydrogen-bond donors (Lipinski definition) is 0. The van der Waals surface area contributed by atoms with Gasteiger partial charge in [0.1, 0.15) is 11.3 Å². The van der Waals surface area contributed by atoms with Gasteiger partial charge in [0.05, 0.1) is 33.5 Å². The van der Waals surface area contributed by atoms with Crippen LogP contribution in [0.15, 0.2) is 63.8 Å². The van der Waals surface area contributed by atoms with Crippen LogP contribution in [0, 0.1) is 13.8 Å². The molecule has 0 radical (unpaired) electrons. The van der Waals surface area contributed by atoms with Crippen LogP contribution in [0.5, 0.6) is 5.75 Å². The SMILES string of the molecule is CCOc1ccc2nc(N3C(=O)c4oc5cc(C)c(C)cc5c(=O)c4C34C(=O)N(CC)c3ccccc34)sc2c1. The molecule has 4 heterocycles. The average molecular weight is 552 g/mol. The number of ether oxygens (including phenoxy) is 1. The van der Waals surface area contributed by atoms with Gasteiger partial charge in [-0.15, -0.1) is 0 Å². The monoisotopic (exact) mass is 551 g/mol. The summed E-state index contributed by atoms with van der Waals surface area (Å²) in [4.78, 5) is 51.1. The predicted molar refractivity (Wildman–Crippen MR) is 155 cm³/mol. The van der Waals surface area contributed by atoms with Gasteiger partial charge in [-0.1, -0.05) is 29.5 Å². The molecule has 0 saturated carbocycles. The Labute approximate surface area is 233 Å². The molecule has 9 heteroatoms. The number of benzene rings is 3. The van der Waals surface area contributed by atoms with Crippen molar-refractivity contribution in [2.24, 2.45) is 0 Å². The highest BCUT2D eigenvalue weighted by Gasteiger charge is 2.66. The van der Waals surface area contributed by atoms with Gasteiger partial charge in [-0.3, -0.25) is 19.3 Å². The highest BCUT2D eigenvalue weighted by molar-refractivity contribution is 7.22. The normalized spacial score (nSPS) is 17.9. The van der Waals surface area contributed by atoms with Crippen molar-refractivity contribution in [1.29, 1.82) is 0 Å². The van der Waals surface area contributed by atoms with Gasteiger partial charge < -0.3 is 14.1 Å². The number of para-hydroxylation sites is 1. The van der Waals surface area contributed by atoms with E-state index < -0.39 is 16.9 Å². The van der Waals surface area contributed by atoms with Gasteiger partial charge in [0.25, 0.3) is 11.8 Å². The lowest BCUT2D eigenvalue weighted by molar-refractivity contribution is -0.121. The maximum Gasteiger partial charge on any atom is 0.297 e. The zero-order valence-electron chi connectivity index (χ0n) is 22.4. The zero-order chi connectivity index (χ0) is 27.9. The molecule has 5 aromatic rings. The minimum Gasteiger partial charge on any atom is -0.494 e. The van der Waals surface area contributed by atoms with Crippen molar-refractivity contribution in [2.75, 3.05) is 23.0 Å². The van der Waals surface area contributed by atoms with Gasteiger partial charge in [-0.05, 0) is 75.2 Å². The molecule has 2 aromatic heterocycles. The molecule has 200 valence electrons. The molecule has 2 aliphatic rings. The van der Waals surface area contributed by atoms with E-state index in [4.69, 9.17) is 14.1 Å². The summed E-state index contributed by atoms with van der Waals surface area (Å²) < 4.78 is 12.7. The number of amides is 2. The third kappa shape index (κ3) is 3.01. The Kier molecular flexibility index (Phi) is 5.21. The van der Waals surface area contributed by atoms with E-state index in [9.17, 15) is 14.4 Å². The summed E-state index contributed by atoms with van der Waals surface area (Å²) in [5.41, 5.74) is 1.93. The summed E-state index contributed by atoms with van der Waals surface area (Å²) in [5.74, 6) is -0.397. The van der Waals surface area contributed by atoms with Crippen molar-refractivity contribution >= 4 is 55.2 Å². The lowest BCUT2D eigenvalue weighted by atomic mass is 9.84. The molecular formula is C31H25N3O5S. The Morgan fingerprint density at radius 2 is 1.77 bits per heavy atom. The van der Waals surface area contributed by atoms with E-state index in [-0.39, 0.29) is 17.2 Å². The molecule has 8 nitrogen and oxygen atoms in total. The summed E-state index contributed by atoms with van der Waals surface area (Å²) in [6.07, 6.45) is 0. The highest BCUT2D eigenvalue weighted by Crippen LogP contribution is 2.54. The first kappa shape index (κ1) is 24.5. The van der Waals surface area contributed by atoms with Crippen LogP contribution in [-0.2, 0) is 10.3 Å². The van der Waals surface area contributed by atoms with Crippen molar-refractivity contribution in [3.8, 4) is 5.75 Å². The number of carbonyl (C=O) groups is 2. The van der Waals surface area contributed by atoms with Crippen LogP contribution in [0.3, 0.4) is 0 Å². The number of rotatable bonds is 4.